The molecule has 0 saturated carbocycles. The predicted molar refractivity (Wildman–Crippen MR) is 87.8 cm³/mol. The predicted octanol–water partition coefficient (Wildman–Crippen LogP) is -1.02. The van der Waals surface area contributed by atoms with Crippen molar-refractivity contribution in [3.63, 3.8) is 0 Å². The molecule has 142 valence electrons. The number of fused-ring (bicyclic) bond motifs is 3. The van der Waals surface area contributed by atoms with E-state index in [4.69, 9.17) is 14.3 Å². The van der Waals surface area contributed by atoms with Gasteiger partial charge in [-0.3, -0.25) is 9.59 Å². The molecule has 5 atom stereocenters. The normalized spacial score (nSPS) is 35.5. The minimum Gasteiger partial charge on any atom is -1.00 e. The van der Waals surface area contributed by atoms with Crippen LogP contribution < -0.4 is 17.0 Å². The van der Waals surface area contributed by atoms with Crippen LogP contribution in [0.5, 0.6) is 0 Å². The van der Waals surface area contributed by atoms with Gasteiger partial charge in [0.05, 0.1) is 6.61 Å². The van der Waals surface area contributed by atoms with Gasteiger partial charge in [-0.25, -0.2) is 0 Å². The molecule has 0 aromatic heterocycles. The summed E-state index contributed by atoms with van der Waals surface area (Å²) in [6.45, 7) is 3.26. The van der Waals surface area contributed by atoms with E-state index in [1.807, 2.05) is 18.2 Å². The summed E-state index contributed by atoms with van der Waals surface area (Å²) in [5.74, 6) is -0.916. The molecule has 6 nitrogen and oxygen atoms in total. The van der Waals surface area contributed by atoms with Gasteiger partial charge in [-0.1, -0.05) is 30.3 Å². The fourth-order valence-electron chi connectivity index (χ4n) is 4.69. The highest BCUT2D eigenvalue weighted by molar-refractivity contribution is 5.75. The lowest BCUT2D eigenvalue weighted by atomic mass is 9.89. The van der Waals surface area contributed by atoms with E-state index >= 15 is 0 Å². The van der Waals surface area contributed by atoms with Crippen molar-refractivity contribution in [2.75, 3.05) is 13.2 Å². The standard InChI is InChI=1S/C19H24NO5.BrH/c1-13(21)24-16-9-11-23-19(22)17-15-8-5-10-20(15,25-18(16)17)12-14-6-3-2-4-7-14;/h2-4,6-7,15-18H,5,8-12H2,1H3;1H/q+1;/p-1/t15-,16+,17-,18-,20?;/m1./s1. The molecule has 3 aliphatic rings. The first kappa shape index (κ1) is 19.3. The van der Waals surface area contributed by atoms with Gasteiger partial charge in [0.25, 0.3) is 0 Å². The van der Waals surface area contributed by atoms with Crippen molar-refractivity contribution in [2.45, 2.75) is 51.0 Å². The van der Waals surface area contributed by atoms with Gasteiger partial charge in [-0.15, -0.1) is 0 Å². The van der Waals surface area contributed by atoms with Crippen molar-refractivity contribution in [1.82, 2.24) is 0 Å². The molecule has 0 bridgehead atoms. The number of nitrogens with zero attached hydrogens (tertiary/aromatic N) is 1. The maximum Gasteiger partial charge on any atom is 0.318 e. The Hall–Kier alpha value is -1.44. The number of hydrogen-bond donors (Lipinski definition) is 0. The fraction of sp³-hybridized carbons (Fsp3) is 0.579. The minimum atomic E-state index is -0.426. The number of benzene rings is 1. The average Bonchev–Trinajstić information content (AvgIpc) is 3.05. The number of ether oxygens (including phenoxy) is 2. The molecular weight excluding hydrogens is 402 g/mol. The van der Waals surface area contributed by atoms with E-state index in [0.717, 1.165) is 25.9 Å². The Morgan fingerprint density at radius 1 is 1.27 bits per heavy atom. The Labute approximate surface area is 163 Å². The smallest absolute Gasteiger partial charge is 0.318 e. The summed E-state index contributed by atoms with van der Waals surface area (Å²) in [5.41, 5.74) is 1.18. The molecule has 0 N–H and O–H groups in total. The molecule has 1 aromatic carbocycles. The van der Waals surface area contributed by atoms with E-state index < -0.39 is 12.2 Å². The maximum atomic E-state index is 12.6. The number of carbonyl (C=O) groups is 2. The lowest BCUT2D eigenvalue weighted by molar-refractivity contribution is -1.11. The molecule has 3 heterocycles. The van der Waals surface area contributed by atoms with Gasteiger partial charge >= 0.3 is 11.9 Å². The summed E-state index contributed by atoms with van der Waals surface area (Å²) in [7, 11) is 0. The van der Waals surface area contributed by atoms with Crippen molar-refractivity contribution < 1.29 is 45.5 Å². The van der Waals surface area contributed by atoms with Crippen LogP contribution in [0.4, 0.5) is 0 Å². The average molecular weight is 426 g/mol. The first-order valence-electron chi connectivity index (χ1n) is 9.02. The largest absolute Gasteiger partial charge is 1.00 e. The molecule has 0 aliphatic carbocycles. The molecule has 0 amide bonds. The number of cyclic esters (lactones) is 1. The van der Waals surface area contributed by atoms with Gasteiger partial charge in [0.15, 0.2) is 6.10 Å². The van der Waals surface area contributed by atoms with Gasteiger partial charge in [0, 0.05) is 31.7 Å². The molecule has 4 rings (SSSR count). The third-order valence-corrected chi connectivity index (χ3v) is 5.64. The summed E-state index contributed by atoms with van der Waals surface area (Å²) in [5, 5.41) is 0. The lowest BCUT2D eigenvalue weighted by Crippen LogP contribution is -3.00. The van der Waals surface area contributed by atoms with E-state index in [-0.39, 0.29) is 47.5 Å². The Kier molecular flexibility index (Phi) is 5.69. The molecule has 0 spiro atoms. The number of quaternary nitrogens is 1. The quantitative estimate of drug-likeness (QED) is 0.458. The van der Waals surface area contributed by atoms with E-state index in [2.05, 4.69) is 12.1 Å². The number of hydrogen-bond acceptors (Lipinski definition) is 5. The topological polar surface area (TPSA) is 61.8 Å². The van der Waals surface area contributed by atoms with Gasteiger partial charge in [-0.2, -0.15) is 9.48 Å². The Bertz CT molecular complexity index is 669. The van der Waals surface area contributed by atoms with Crippen molar-refractivity contribution in [3.05, 3.63) is 35.9 Å². The van der Waals surface area contributed by atoms with Crippen molar-refractivity contribution in [2.24, 2.45) is 5.92 Å². The maximum absolute atomic E-state index is 12.6. The minimum absolute atomic E-state index is 0. The van der Waals surface area contributed by atoms with E-state index in [9.17, 15) is 9.59 Å². The number of carbonyl (C=O) groups excluding carboxylic acids is 2. The third kappa shape index (κ3) is 3.40. The molecule has 1 aromatic rings. The molecule has 26 heavy (non-hydrogen) atoms. The van der Waals surface area contributed by atoms with Crippen LogP contribution in [0.25, 0.3) is 0 Å². The highest BCUT2D eigenvalue weighted by Gasteiger charge is 2.65. The molecule has 3 aliphatic heterocycles. The second-order valence-electron chi connectivity index (χ2n) is 7.23. The van der Waals surface area contributed by atoms with Gasteiger partial charge in [-0.05, 0) is 0 Å². The SMILES string of the molecule is CC(=O)O[C@H]1CCOC(=O)[C@H]2[C@@H]1O[N+]1(Cc3ccccc3)CCC[C@H]21.[Br-]. The summed E-state index contributed by atoms with van der Waals surface area (Å²) in [4.78, 5) is 30.6. The van der Waals surface area contributed by atoms with E-state index in [1.165, 1.54) is 12.5 Å². The van der Waals surface area contributed by atoms with Crippen LogP contribution in [0.15, 0.2) is 30.3 Å². The Balaban J connectivity index is 0.00000196. The molecule has 0 radical (unpaired) electrons. The summed E-state index contributed by atoms with van der Waals surface area (Å²) < 4.78 is 11.3. The zero-order valence-electron chi connectivity index (χ0n) is 14.8. The van der Waals surface area contributed by atoms with Crippen molar-refractivity contribution in [1.29, 1.82) is 0 Å². The molecule has 3 fully saturated rings. The van der Waals surface area contributed by atoms with Gasteiger partial charge in [0.2, 0.25) is 0 Å². The zero-order chi connectivity index (χ0) is 17.4. The molecular formula is C19H24BrNO5. The number of hydroxylamine groups is 3. The van der Waals surface area contributed by atoms with E-state index in [0.29, 0.717) is 11.1 Å². The zero-order valence-corrected chi connectivity index (χ0v) is 16.4. The summed E-state index contributed by atoms with van der Waals surface area (Å²) in [6, 6.07) is 10.3. The first-order valence-corrected chi connectivity index (χ1v) is 9.02. The van der Waals surface area contributed by atoms with Crippen molar-refractivity contribution in [3.8, 4) is 0 Å². The highest BCUT2D eigenvalue weighted by atomic mass is 79.9. The monoisotopic (exact) mass is 425 g/mol. The van der Waals surface area contributed by atoms with Crippen LogP contribution in [0.1, 0.15) is 31.7 Å². The molecule has 1 unspecified atom stereocenters. The Morgan fingerprint density at radius 3 is 2.77 bits per heavy atom. The third-order valence-electron chi connectivity index (χ3n) is 5.64. The lowest BCUT2D eigenvalue weighted by Gasteiger charge is -2.32. The highest BCUT2D eigenvalue weighted by Crippen LogP contribution is 2.46. The number of rotatable bonds is 3. The van der Waals surface area contributed by atoms with Crippen molar-refractivity contribution >= 4 is 11.9 Å². The van der Waals surface area contributed by atoms with Crippen LogP contribution >= 0.6 is 0 Å². The summed E-state index contributed by atoms with van der Waals surface area (Å²) >= 11 is 0. The molecule has 7 heteroatoms. The summed E-state index contributed by atoms with van der Waals surface area (Å²) in [6.07, 6.45) is 1.59. The van der Waals surface area contributed by atoms with E-state index in [1.54, 1.807) is 0 Å². The van der Waals surface area contributed by atoms with Crippen LogP contribution in [-0.2, 0) is 30.4 Å². The second-order valence-corrected chi connectivity index (χ2v) is 7.23. The Morgan fingerprint density at radius 2 is 2.04 bits per heavy atom. The fourth-order valence-corrected chi connectivity index (χ4v) is 4.69. The van der Waals surface area contributed by atoms with Crippen LogP contribution in [0, 0.1) is 5.92 Å². The van der Waals surface area contributed by atoms with Crippen LogP contribution in [0.3, 0.4) is 0 Å². The van der Waals surface area contributed by atoms with Crippen LogP contribution in [0.2, 0.25) is 0 Å². The van der Waals surface area contributed by atoms with Gasteiger partial charge in [0.1, 0.15) is 31.2 Å². The second kappa shape index (κ2) is 7.66. The molecule has 3 saturated heterocycles. The van der Waals surface area contributed by atoms with Crippen LogP contribution in [-0.4, -0.2) is 48.0 Å². The number of esters is 2. The first-order chi connectivity index (χ1) is 12.1. The van der Waals surface area contributed by atoms with Gasteiger partial charge < -0.3 is 26.5 Å². The number of halogens is 1.